The smallest absolute Gasteiger partial charge is 0.433 e. The molecule has 2 heterocycles. The van der Waals surface area contributed by atoms with Gasteiger partial charge in [0.2, 0.25) is 0 Å². The van der Waals surface area contributed by atoms with E-state index in [-0.39, 0.29) is 22.4 Å². The van der Waals surface area contributed by atoms with E-state index in [0.29, 0.717) is 11.6 Å². The highest BCUT2D eigenvalue weighted by Gasteiger charge is 2.33. The first-order chi connectivity index (χ1) is 13.6. The summed E-state index contributed by atoms with van der Waals surface area (Å²) in [5.41, 5.74) is 3.17. The number of methoxy groups -OCH3 is 1. The number of benzene rings is 1. The molecule has 0 spiro atoms. The van der Waals surface area contributed by atoms with Gasteiger partial charge in [-0.1, -0.05) is 12.1 Å². The standard InChI is InChI=1S/C19H16F3N3O4/c1-9(26)10-3-5-11(6-4-10)25-16-12(7-8-13(24-16)19(20,21)22)15(23)14(17(25)27)18(28)29-2/h3-9,26H,23H2,1-2H3. The molecule has 1 unspecified atom stereocenters. The zero-order chi connectivity index (χ0) is 21.5. The Labute approximate surface area is 162 Å². The molecule has 29 heavy (non-hydrogen) atoms. The van der Waals surface area contributed by atoms with E-state index in [0.717, 1.165) is 17.7 Å². The van der Waals surface area contributed by atoms with Crippen LogP contribution in [0.5, 0.6) is 0 Å². The lowest BCUT2D eigenvalue weighted by molar-refractivity contribution is -0.141. The minimum atomic E-state index is -4.75. The average molecular weight is 407 g/mol. The minimum absolute atomic E-state index is 0.0161. The second-order valence-electron chi connectivity index (χ2n) is 6.25. The first-order valence-corrected chi connectivity index (χ1v) is 8.35. The fraction of sp³-hybridized carbons (Fsp3) is 0.211. The van der Waals surface area contributed by atoms with Crippen molar-refractivity contribution in [1.82, 2.24) is 9.55 Å². The number of aromatic nitrogens is 2. The molecule has 0 radical (unpaired) electrons. The average Bonchev–Trinajstić information content (AvgIpc) is 2.67. The second kappa shape index (κ2) is 7.21. The molecular weight excluding hydrogens is 391 g/mol. The molecule has 0 aliphatic rings. The van der Waals surface area contributed by atoms with Crippen LogP contribution in [0.25, 0.3) is 16.7 Å². The topological polar surface area (TPSA) is 107 Å². The predicted octanol–water partition coefficient (Wildman–Crippen LogP) is 2.83. The number of hydrogen-bond donors (Lipinski definition) is 2. The van der Waals surface area contributed by atoms with E-state index in [1.54, 1.807) is 0 Å². The molecule has 2 aromatic heterocycles. The lowest BCUT2D eigenvalue weighted by Gasteiger charge is -2.16. The zero-order valence-corrected chi connectivity index (χ0v) is 15.3. The third-order valence-electron chi connectivity index (χ3n) is 4.38. The molecule has 3 aromatic rings. The fourth-order valence-electron chi connectivity index (χ4n) is 2.89. The summed E-state index contributed by atoms with van der Waals surface area (Å²) in [6.45, 7) is 1.53. The number of nitrogens with zero attached hydrogens (tertiary/aromatic N) is 2. The number of halogens is 3. The van der Waals surface area contributed by atoms with Crippen molar-refractivity contribution in [1.29, 1.82) is 0 Å². The van der Waals surface area contributed by atoms with Gasteiger partial charge in [0.15, 0.2) is 0 Å². The van der Waals surface area contributed by atoms with E-state index >= 15 is 0 Å². The van der Waals surface area contributed by atoms with Crippen LogP contribution in [0, 0.1) is 0 Å². The quantitative estimate of drug-likeness (QED) is 0.647. The molecule has 0 aliphatic heterocycles. The maximum atomic E-state index is 13.2. The van der Waals surface area contributed by atoms with Crippen molar-refractivity contribution in [2.24, 2.45) is 0 Å². The molecule has 7 nitrogen and oxygen atoms in total. The molecule has 0 fully saturated rings. The van der Waals surface area contributed by atoms with Crippen molar-refractivity contribution in [2.75, 3.05) is 12.8 Å². The van der Waals surface area contributed by atoms with Gasteiger partial charge in [0.1, 0.15) is 16.9 Å². The molecule has 1 aromatic carbocycles. The van der Waals surface area contributed by atoms with Gasteiger partial charge in [-0.05, 0) is 36.8 Å². The van der Waals surface area contributed by atoms with Crippen molar-refractivity contribution in [2.45, 2.75) is 19.2 Å². The van der Waals surface area contributed by atoms with Gasteiger partial charge in [0, 0.05) is 5.39 Å². The van der Waals surface area contributed by atoms with Crippen LogP contribution in [0.1, 0.15) is 34.6 Å². The Balaban J connectivity index is 2.44. The molecule has 0 saturated heterocycles. The maximum Gasteiger partial charge on any atom is 0.433 e. The van der Waals surface area contributed by atoms with Gasteiger partial charge in [-0.25, -0.2) is 9.78 Å². The van der Waals surface area contributed by atoms with Gasteiger partial charge in [-0.15, -0.1) is 0 Å². The van der Waals surface area contributed by atoms with Gasteiger partial charge >= 0.3 is 12.1 Å². The van der Waals surface area contributed by atoms with Crippen LogP contribution in [0.15, 0.2) is 41.2 Å². The molecule has 0 aliphatic carbocycles. The number of ether oxygens (including phenoxy) is 1. The Morgan fingerprint density at radius 3 is 2.34 bits per heavy atom. The molecule has 10 heteroatoms. The number of nitrogens with two attached hydrogens (primary N) is 1. The van der Waals surface area contributed by atoms with Gasteiger partial charge < -0.3 is 15.6 Å². The first-order valence-electron chi connectivity index (χ1n) is 8.35. The van der Waals surface area contributed by atoms with Crippen LogP contribution in [-0.4, -0.2) is 27.7 Å². The number of nitrogen functional groups attached to an aromatic ring is 1. The predicted molar refractivity (Wildman–Crippen MR) is 98.7 cm³/mol. The summed E-state index contributed by atoms with van der Waals surface area (Å²) in [5, 5.41) is 9.62. The summed E-state index contributed by atoms with van der Waals surface area (Å²) < 4.78 is 45.0. The number of anilines is 1. The van der Waals surface area contributed by atoms with Gasteiger partial charge in [-0.3, -0.25) is 9.36 Å². The number of alkyl halides is 3. The number of aliphatic hydroxyl groups is 1. The van der Waals surface area contributed by atoms with Crippen molar-refractivity contribution in [3.63, 3.8) is 0 Å². The van der Waals surface area contributed by atoms with Crippen LogP contribution in [0.2, 0.25) is 0 Å². The Bertz CT molecular complexity index is 1150. The number of hydrogen-bond acceptors (Lipinski definition) is 6. The molecule has 152 valence electrons. The van der Waals surface area contributed by atoms with Gasteiger partial charge in [0.05, 0.1) is 24.6 Å². The summed E-state index contributed by atoms with van der Waals surface area (Å²) >= 11 is 0. The van der Waals surface area contributed by atoms with Gasteiger partial charge in [-0.2, -0.15) is 13.2 Å². The van der Waals surface area contributed by atoms with Crippen molar-refractivity contribution < 1.29 is 27.8 Å². The lowest BCUT2D eigenvalue weighted by Crippen LogP contribution is -2.29. The van der Waals surface area contributed by atoms with E-state index in [1.165, 1.54) is 31.2 Å². The van der Waals surface area contributed by atoms with E-state index in [1.807, 2.05) is 0 Å². The van der Waals surface area contributed by atoms with Crippen LogP contribution < -0.4 is 11.3 Å². The summed E-state index contributed by atoms with van der Waals surface area (Å²) in [4.78, 5) is 28.7. The molecule has 0 bridgehead atoms. The fourth-order valence-corrected chi connectivity index (χ4v) is 2.89. The van der Waals surface area contributed by atoms with E-state index in [4.69, 9.17) is 5.73 Å². The van der Waals surface area contributed by atoms with Crippen LogP contribution >= 0.6 is 0 Å². The Morgan fingerprint density at radius 1 is 1.21 bits per heavy atom. The van der Waals surface area contributed by atoms with E-state index in [9.17, 15) is 27.9 Å². The number of aliphatic hydroxyl groups excluding tert-OH is 1. The van der Waals surface area contributed by atoms with E-state index in [2.05, 4.69) is 9.72 Å². The normalized spacial score (nSPS) is 12.8. The molecule has 0 saturated carbocycles. The highest BCUT2D eigenvalue weighted by Crippen LogP contribution is 2.31. The number of carbonyl (C=O) groups excluding carboxylic acids is 1. The second-order valence-corrected chi connectivity index (χ2v) is 6.25. The summed E-state index contributed by atoms with van der Waals surface area (Å²) in [5.74, 6) is -1.02. The van der Waals surface area contributed by atoms with Crippen LogP contribution in [-0.2, 0) is 10.9 Å². The van der Waals surface area contributed by atoms with Crippen LogP contribution in [0.3, 0.4) is 0 Å². The van der Waals surface area contributed by atoms with Crippen molar-refractivity contribution in [3.8, 4) is 5.69 Å². The number of esters is 1. The zero-order valence-electron chi connectivity index (χ0n) is 15.3. The molecule has 0 amide bonds. The molecular formula is C19H16F3N3O4. The minimum Gasteiger partial charge on any atom is -0.465 e. The number of fused-ring (bicyclic) bond motifs is 1. The van der Waals surface area contributed by atoms with Gasteiger partial charge in [0.25, 0.3) is 5.56 Å². The SMILES string of the molecule is COC(=O)c1c(N)c2ccc(C(F)(F)F)nc2n(-c2ccc(C(C)O)cc2)c1=O. The van der Waals surface area contributed by atoms with Crippen molar-refractivity contribution >= 4 is 22.7 Å². The highest BCUT2D eigenvalue weighted by atomic mass is 19.4. The molecule has 3 rings (SSSR count). The lowest BCUT2D eigenvalue weighted by atomic mass is 10.1. The molecule has 1 atom stereocenters. The van der Waals surface area contributed by atoms with Crippen molar-refractivity contribution in [3.05, 3.63) is 63.6 Å². The Morgan fingerprint density at radius 2 is 1.83 bits per heavy atom. The number of rotatable bonds is 3. The third-order valence-corrected chi connectivity index (χ3v) is 4.38. The summed E-state index contributed by atoms with van der Waals surface area (Å²) in [6, 6.07) is 7.60. The van der Waals surface area contributed by atoms with E-state index < -0.39 is 35.1 Å². The largest absolute Gasteiger partial charge is 0.465 e. The first kappa shape index (κ1) is 20.3. The maximum absolute atomic E-state index is 13.2. The summed E-state index contributed by atoms with van der Waals surface area (Å²) in [7, 11) is 1.05. The third kappa shape index (κ3) is 3.54. The Hall–Kier alpha value is -3.40. The highest BCUT2D eigenvalue weighted by molar-refractivity contribution is 6.03. The number of pyridine rings is 2. The number of carbonyl (C=O) groups is 1. The summed E-state index contributed by atoms with van der Waals surface area (Å²) in [6.07, 6.45) is -5.54. The van der Waals surface area contributed by atoms with Crippen LogP contribution in [0.4, 0.5) is 18.9 Å². The Kier molecular flexibility index (Phi) is 5.05. The molecule has 3 N–H and O–H groups in total. The monoisotopic (exact) mass is 407 g/mol.